The molecule has 0 aromatic heterocycles. The van der Waals surface area contributed by atoms with Crippen LogP contribution in [0.25, 0.3) is 11.4 Å². The molecular weight excluding hydrogens is 467 g/mol. The standard InChI is InChI=1S/C26H28N2.HI/c1-20(2)26-27(3)24(22-15-9-5-10-16-22)25(23-17-11-6-12-18-23)28(26)19-21-13-7-4-8-14-21;/h4-18,20,26H,19H2,1-3H3;1H. The van der Waals surface area contributed by atoms with Gasteiger partial charge in [0, 0.05) is 19.2 Å². The van der Waals surface area contributed by atoms with E-state index >= 15 is 0 Å². The lowest BCUT2D eigenvalue weighted by molar-refractivity contribution is 0.133. The summed E-state index contributed by atoms with van der Waals surface area (Å²) in [5.74, 6) is 0.494. The van der Waals surface area contributed by atoms with Crippen molar-refractivity contribution in [3.8, 4) is 0 Å². The van der Waals surface area contributed by atoms with Crippen molar-refractivity contribution in [1.29, 1.82) is 0 Å². The van der Waals surface area contributed by atoms with Crippen LogP contribution in [0, 0.1) is 5.92 Å². The lowest BCUT2D eigenvalue weighted by atomic mass is 10.0. The van der Waals surface area contributed by atoms with Crippen LogP contribution in [0.1, 0.15) is 30.5 Å². The number of nitrogens with zero attached hydrogens (tertiary/aromatic N) is 2. The molecule has 0 spiro atoms. The fourth-order valence-corrected chi connectivity index (χ4v) is 4.37. The van der Waals surface area contributed by atoms with E-state index in [-0.39, 0.29) is 24.0 Å². The van der Waals surface area contributed by atoms with Crippen LogP contribution >= 0.6 is 24.0 Å². The molecule has 0 N–H and O–H groups in total. The van der Waals surface area contributed by atoms with Gasteiger partial charge in [0.25, 0.3) is 0 Å². The molecule has 4 rings (SSSR count). The first-order valence-corrected chi connectivity index (χ1v) is 10.1. The summed E-state index contributed by atoms with van der Waals surface area (Å²) in [4.78, 5) is 5.04. The summed E-state index contributed by atoms with van der Waals surface area (Å²) in [6.45, 7) is 5.53. The predicted molar refractivity (Wildman–Crippen MR) is 133 cm³/mol. The molecule has 0 saturated carbocycles. The number of benzene rings is 3. The maximum atomic E-state index is 2.58. The van der Waals surface area contributed by atoms with E-state index in [9.17, 15) is 0 Å². The van der Waals surface area contributed by atoms with Gasteiger partial charge in [-0.05, 0) is 17.0 Å². The van der Waals surface area contributed by atoms with Crippen molar-refractivity contribution in [3.05, 3.63) is 108 Å². The van der Waals surface area contributed by atoms with E-state index < -0.39 is 0 Å². The van der Waals surface area contributed by atoms with E-state index in [1.807, 2.05) is 0 Å². The van der Waals surface area contributed by atoms with E-state index in [0.717, 1.165) is 6.54 Å². The van der Waals surface area contributed by atoms with Crippen molar-refractivity contribution in [2.75, 3.05) is 7.05 Å². The lowest BCUT2D eigenvalue weighted by Gasteiger charge is -2.36. The zero-order chi connectivity index (χ0) is 19.5. The van der Waals surface area contributed by atoms with E-state index in [4.69, 9.17) is 0 Å². The molecule has 0 fully saturated rings. The first-order valence-electron chi connectivity index (χ1n) is 10.1. The molecule has 1 atom stereocenters. The Bertz CT molecular complexity index is 936. The van der Waals surface area contributed by atoms with E-state index in [2.05, 4.69) is 122 Å². The average Bonchev–Trinajstić information content (AvgIpc) is 3.02. The largest absolute Gasteiger partial charge is 0.352 e. The van der Waals surface area contributed by atoms with Crippen LogP contribution in [0.3, 0.4) is 0 Å². The highest BCUT2D eigenvalue weighted by molar-refractivity contribution is 14.0. The third kappa shape index (κ3) is 4.35. The highest BCUT2D eigenvalue weighted by atomic mass is 127. The van der Waals surface area contributed by atoms with Crippen molar-refractivity contribution >= 4 is 35.4 Å². The fraction of sp³-hybridized carbons (Fsp3) is 0.231. The summed E-state index contributed by atoms with van der Waals surface area (Å²) in [7, 11) is 2.24. The van der Waals surface area contributed by atoms with E-state index in [0.29, 0.717) is 12.1 Å². The molecule has 3 aromatic carbocycles. The van der Waals surface area contributed by atoms with Crippen molar-refractivity contribution in [1.82, 2.24) is 9.80 Å². The molecule has 1 unspecified atom stereocenters. The Balaban J connectivity index is 0.00000240. The van der Waals surface area contributed by atoms with Gasteiger partial charge in [0.2, 0.25) is 0 Å². The van der Waals surface area contributed by atoms with Gasteiger partial charge in [-0.1, -0.05) is 105 Å². The summed E-state index contributed by atoms with van der Waals surface area (Å²) < 4.78 is 0. The Hall–Kier alpha value is -2.27. The first-order chi connectivity index (χ1) is 13.7. The highest BCUT2D eigenvalue weighted by Crippen LogP contribution is 2.43. The Kier molecular flexibility index (Phi) is 7.01. The topological polar surface area (TPSA) is 6.48 Å². The van der Waals surface area contributed by atoms with Gasteiger partial charge in [-0.2, -0.15) is 0 Å². The van der Waals surface area contributed by atoms with E-state index in [1.54, 1.807) is 0 Å². The molecule has 3 heteroatoms. The van der Waals surface area contributed by atoms with Gasteiger partial charge in [0.15, 0.2) is 0 Å². The minimum Gasteiger partial charge on any atom is -0.352 e. The van der Waals surface area contributed by atoms with Gasteiger partial charge in [0.1, 0.15) is 6.17 Å². The molecule has 2 nitrogen and oxygen atoms in total. The van der Waals surface area contributed by atoms with Gasteiger partial charge in [0.05, 0.1) is 11.4 Å². The van der Waals surface area contributed by atoms with Crippen LogP contribution < -0.4 is 0 Å². The Morgan fingerprint density at radius 2 is 1.14 bits per heavy atom. The Morgan fingerprint density at radius 1 is 0.690 bits per heavy atom. The zero-order valence-electron chi connectivity index (χ0n) is 17.3. The minimum absolute atomic E-state index is 0. The number of hydrogen-bond donors (Lipinski definition) is 0. The second kappa shape index (κ2) is 9.49. The summed E-state index contributed by atoms with van der Waals surface area (Å²) >= 11 is 0. The van der Waals surface area contributed by atoms with Crippen LogP contribution in [-0.4, -0.2) is 23.0 Å². The average molecular weight is 496 g/mol. The summed E-state index contributed by atoms with van der Waals surface area (Å²) in [6, 6.07) is 32.4. The second-order valence-corrected chi connectivity index (χ2v) is 7.81. The van der Waals surface area contributed by atoms with Gasteiger partial charge in [-0.15, -0.1) is 24.0 Å². The normalized spacial score (nSPS) is 16.3. The van der Waals surface area contributed by atoms with Crippen molar-refractivity contribution < 1.29 is 0 Å². The quantitative estimate of drug-likeness (QED) is 0.369. The molecule has 1 heterocycles. The molecule has 1 aliphatic rings. The Morgan fingerprint density at radius 3 is 1.62 bits per heavy atom. The van der Waals surface area contributed by atoms with Crippen LogP contribution in [0.2, 0.25) is 0 Å². The monoisotopic (exact) mass is 496 g/mol. The van der Waals surface area contributed by atoms with Gasteiger partial charge < -0.3 is 9.80 Å². The van der Waals surface area contributed by atoms with Gasteiger partial charge >= 0.3 is 0 Å². The summed E-state index contributed by atoms with van der Waals surface area (Å²) in [6.07, 6.45) is 0.311. The fourth-order valence-electron chi connectivity index (χ4n) is 4.37. The lowest BCUT2D eigenvalue weighted by Crippen LogP contribution is -2.41. The van der Waals surface area contributed by atoms with Crippen molar-refractivity contribution in [2.45, 2.75) is 26.6 Å². The minimum atomic E-state index is 0. The zero-order valence-corrected chi connectivity index (χ0v) is 19.7. The summed E-state index contributed by atoms with van der Waals surface area (Å²) in [5.41, 5.74) is 6.50. The SMILES string of the molecule is CC(C)C1N(C)C(c2ccccc2)=C(c2ccccc2)N1Cc1ccccc1.I. The molecule has 1 aliphatic heterocycles. The third-order valence-corrected chi connectivity index (χ3v) is 5.47. The summed E-state index contributed by atoms with van der Waals surface area (Å²) in [5, 5.41) is 0. The molecule has 3 aromatic rings. The number of rotatable bonds is 5. The maximum Gasteiger partial charge on any atom is 0.104 e. The van der Waals surface area contributed by atoms with Crippen LogP contribution in [0.4, 0.5) is 0 Å². The van der Waals surface area contributed by atoms with Crippen LogP contribution in [-0.2, 0) is 6.54 Å². The molecule has 0 bridgehead atoms. The van der Waals surface area contributed by atoms with Crippen LogP contribution in [0.5, 0.6) is 0 Å². The molecule has 29 heavy (non-hydrogen) atoms. The van der Waals surface area contributed by atoms with Gasteiger partial charge in [-0.25, -0.2) is 0 Å². The molecule has 0 aliphatic carbocycles. The molecule has 0 saturated heterocycles. The number of halogens is 1. The van der Waals surface area contributed by atoms with Crippen molar-refractivity contribution in [2.24, 2.45) is 5.92 Å². The maximum absolute atomic E-state index is 2.58. The first kappa shape index (κ1) is 21.4. The van der Waals surface area contributed by atoms with E-state index in [1.165, 1.54) is 28.1 Å². The van der Waals surface area contributed by atoms with Crippen LogP contribution in [0.15, 0.2) is 91.0 Å². The second-order valence-electron chi connectivity index (χ2n) is 7.81. The van der Waals surface area contributed by atoms with Gasteiger partial charge in [-0.3, -0.25) is 0 Å². The molecular formula is C26H29IN2. The smallest absolute Gasteiger partial charge is 0.104 e. The number of hydrogen-bond acceptors (Lipinski definition) is 2. The third-order valence-electron chi connectivity index (χ3n) is 5.47. The Labute approximate surface area is 191 Å². The van der Waals surface area contributed by atoms with Crippen molar-refractivity contribution in [3.63, 3.8) is 0 Å². The predicted octanol–water partition coefficient (Wildman–Crippen LogP) is 6.56. The highest BCUT2D eigenvalue weighted by Gasteiger charge is 2.38. The molecule has 150 valence electrons. The molecule has 0 radical (unpaired) electrons. The molecule has 0 amide bonds.